The minimum atomic E-state index is -0.875. The maximum absolute atomic E-state index is 11.1. The number of carboxylic acid groups (broad SMARTS) is 1. The van der Waals surface area contributed by atoms with E-state index in [1.165, 1.54) is 0 Å². The van der Waals surface area contributed by atoms with Crippen LogP contribution in [0.1, 0.15) is 39.6 Å². The second kappa shape index (κ2) is 7.01. The summed E-state index contributed by atoms with van der Waals surface area (Å²) in [6.45, 7) is 4.76. The molecule has 1 aliphatic heterocycles. The fraction of sp³-hybridized carbons (Fsp3) is 0.368. The van der Waals surface area contributed by atoms with Crippen LogP contribution in [0.4, 0.5) is 5.69 Å². The van der Waals surface area contributed by atoms with E-state index in [0.29, 0.717) is 11.5 Å². The normalized spacial score (nSPS) is 17.8. The van der Waals surface area contributed by atoms with Crippen LogP contribution in [-0.4, -0.2) is 41.1 Å². The van der Waals surface area contributed by atoms with Crippen LogP contribution in [-0.2, 0) is 6.54 Å². The molecule has 1 saturated heterocycles. The fourth-order valence-electron chi connectivity index (χ4n) is 3.33. The van der Waals surface area contributed by atoms with Gasteiger partial charge in [-0.05, 0) is 49.7 Å². The summed E-state index contributed by atoms with van der Waals surface area (Å²) >= 11 is 0. The summed E-state index contributed by atoms with van der Waals surface area (Å²) in [7, 11) is 1.93. The highest BCUT2D eigenvalue weighted by atomic mass is 16.4. The van der Waals surface area contributed by atoms with Crippen LogP contribution < -0.4 is 5.32 Å². The molecule has 1 aromatic carbocycles. The van der Waals surface area contributed by atoms with E-state index in [0.717, 1.165) is 48.7 Å². The van der Waals surface area contributed by atoms with Gasteiger partial charge < -0.3 is 10.4 Å². The Morgan fingerprint density at radius 1 is 1.38 bits per heavy atom. The number of nitrogens with zero attached hydrogens (tertiary/aromatic N) is 2. The van der Waals surface area contributed by atoms with E-state index >= 15 is 0 Å². The van der Waals surface area contributed by atoms with Gasteiger partial charge in [-0.25, -0.2) is 4.79 Å². The smallest absolute Gasteiger partial charge is 0.335 e. The van der Waals surface area contributed by atoms with E-state index in [9.17, 15) is 4.79 Å². The molecule has 0 bridgehead atoms. The molecule has 0 aliphatic carbocycles. The summed E-state index contributed by atoms with van der Waals surface area (Å²) in [6.07, 6.45) is 1.08. The number of aromatic nitrogens is 1. The van der Waals surface area contributed by atoms with E-state index < -0.39 is 5.97 Å². The Balaban J connectivity index is 1.68. The quantitative estimate of drug-likeness (QED) is 0.884. The zero-order valence-corrected chi connectivity index (χ0v) is 14.1. The molecule has 5 heteroatoms. The molecule has 1 aliphatic rings. The minimum absolute atomic E-state index is 0.349. The lowest BCUT2D eigenvalue weighted by molar-refractivity contribution is 0.0696. The Bertz CT molecular complexity index is 745. The summed E-state index contributed by atoms with van der Waals surface area (Å²) in [5.41, 5.74) is 4.67. The maximum atomic E-state index is 11.1. The molecular formula is C19H23N3O2. The van der Waals surface area contributed by atoms with Gasteiger partial charge in [-0.3, -0.25) is 9.88 Å². The van der Waals surface area contributed by atoms with Crippen molar-refractivity contribution in [2.75, 3.05) is 25.5 Å². The van der Waals surface area contributed by atoms with Gasteiger partial charge in [0.1, 0.15) is 0 Å². The van der Waals surface area contributed by atoms with Gasteiger partial charge in [0.2, 0.25) is 0 Å². The van der Waals surface area contributed by atoms with Gasteiger partial charge in [-0.15, -0.1) is 0 Å². The zero-order chi connectivity index (χ0) is 17.1. The average molecular weight is 325 g/mol. The van der Waals surface area contributed by atoms with Crippen molar-refractivity contribution in [1.82, 2.24) is 9.88 Å². The Hall–Kier alpha value is -2.40. The molecule has 126 valence electrons. The van der Waals surface area contributed by atoms with Crippen molar-refractivity contribution in [3.63, 3.8) is 0 Å². The van der Waals surface area contributed by atoms with Gasteiger partial charge in [-0.1, -0.05) is 12.1 Å². The van der Waals surface area contributed by atoms with Crippen LogP contribution in [0, 0.1) is 6.92 Å². The largest absolute Gasteiger partial charge is 0.478 e. The summed E-state index contributed by atoms with van der Waals surface area (Å²) < 4.78 is 0. The number of carboxylic acids is 1. The van der Waals surface area contributed by atoms with Gasteiger partial charge in [0.25, 0.3) is 0 Å². The number of hydrogen-bond acceptors (Lipinski definition) is 4. The van der Waals surface area contributed by atoms with Gasteiger partial charge >= 0.3 is 5.97 Å². The van der Waals surface area contributed by atoms with Crippen LogP contribution in [0.5, 0.6) is 0 Å². The number of anilines is 1. The van der Waals surface area contributed by atoms with Crippen molar-refractivity contribution in [3.8, 4) is 0 Å². The number of hydrogen-bond donors (Lipinski definition) is 2. The number of rotatable bonds is 5. The molecule has 0 radical (unpaired) electrons. The van der Waals surface area contributed by atoms with Crippen LogP contribution >= 0.6 is 0 Å². The predicted molar refractivity (Wildman–Crippen MR) is 94.6 cm³/mol. The van der Waals surface area contributed by atoms with Crippen molar-refractivity contribution in [3.05, 3.63) is 58.9 Å². The van der Waals surface area contributed by atoms with E-state index in [1.807, 2.05) is 32.2 Å². The van der Waals surface area contributed by atoms with Gasteiger partial charge in [-0.2, -0.15) is 0 Å². The van der Waals surface area contributed by atoms with Crippen molar-refractivity contribution < 1.29 is 9.90 Å². The third-order valence-electron chi connectivity index (χ3n) is 4.53. The molecule has 1 fully saturated rings. The van der Waals surface area contributed by atoms with Crippen molar-refractivity contribution in [2.24, 2.45) is 0 Å². The Morgan fingerprint density at radius 3 is 2.96 bits per heavy atom. The van der Waals surface area contributed by atoms with Crippen LogP contribution in [0.25, 0.3) is 0 Å². The highest BCUT2D eigenvalue weighted by Gasteiger charge is 2.25. The lowest BCUT2D eigenvalue weighted by Gasteiger charge is -2.17. The Kier molecular flexibility index (Phi) is 4.81. The summed E-state index contributed by atoms with van der Waals surface area (Å²) in [5.74, 6) is -0.445. The molecule has 0 saturated carbocycles. The molecule has 5 nitrogen and oxygen atoms in total. The number of aryl methyl sites for hydroxylation is 1. The molecule has 1 atom stereocenters. The van der Waals surface area contributed by atoms with Crippen molar-refractivity contribution in [1.29, 1.82) is 0 Å². The van der Waals surface area contributed by atoms with Gasteiger partial charge in [0.05, 0.1) is 5.56 Å². The Morgan fingerprint density at radius 2 is 2.21 bits per heavy atom. The monoisotopic (exact) mass is 325 g/mol. The second-order valence-corrected chi connectivity index (χ2v) is 6.40. The second-order valence-electron chi connectivity index (χ2n) is 6.40. The van der Waals surface area contributed by atoms with Gasteiger partial charge in [0, 0.05) is 43.1 Å². The zero-order valence-electron chi connectivity index (χ0n) is 14.1. The number of aromatic carboxylic acids is 1. The lowest BCUT2D eigenvalue weighted by Crippen LogP contribution is -2.20. The molecule has 2 aromatic rings. The summed E-state index contributed by atoms with van der Waals surface area (Å²) in [5, 5.41) is 12.3. The fourth-order valence-corrected chi connectivity index (χ4v) is 3.33. The number of benzene rings is 1. The molecule has 2 N–H and O–H groups in total. The standard InChI is InChI=1S/C19H23N3O2/c1-13-8-17(20-2)10-18(21-13)16-6-7-22(12-16)11-14-4-3-5-15(9-14)19(23)24/h3-5,8-10,16H,6-7,11-12H2,1-2H3,(H,20,21)(H,23,24)/t16-/m1/s1. The first-order chi connectivity index (χ1) is 11.5. The molecule has 2 heterocycles. The first-order valence-electron chi connectivity index (χ1n) is 8.26. The summed E-state index contributed by atoms with van der Waals surface area (Å²) in [6, 6.07) is 11.4. The van der Waals surface area contributed by atoms with E-state index in [2.05, 4.69) is 16.3 Å². The SMILES string of the molecule is CNc1cc(C)nc([C@@H]2CCN(Cc3cccc(C(=O)O)c3)C2)c1. The van der Waals surface area contributed by atoms with Crippen LogP contribution in [0.15, 0.2) is 36.4 Å². The Labute approximate surface area is 142 Å². The lowest BCUT2D eigenvalue weighted by atomic mass is 10.0. The number of pyridine rings is 1. The molecule has 1 aromatic heterocycles. The first kappa shape index (κ1) is 16.5. The van der Waals surface area contributed by atoms with Crippen LogP contribution in [0.2, 0.25) is 0 Å². The topological polar surface area (TPSA) is 65.5 Å². The number of likely N-dealkylation sites (tertiary alicyclic amines) is 1. The molecule has 3 rings (SSSR count). The third kappa shape index (κ3) is 3.74. The molecule has 0 amide bonds. The highest BCUT2D eigenvalue weighted by Crippen LogP contribution is 2.28. The van der Waals surface area contributed by atoms with Gasteiger partial charge in [0.15, 0.2) is 0 Å². The molecule has 24 heavy (non-hydrogen) atoms. The van der Waals surface area contributed by atoms with E-state index in [-0.39, 0.29) is 0 Å². The predicted octanol–water partition coefficient (Wildman–Crippen LogP) is 3.12. The molecule has 0 unspecified atom stereocenters. The van der Waals surface area contributed by atoms with E-state index in [4.69, 9.17) is 10.1 Å². The molecular weight excluding hydrogens is 302 g/mol. The van der Waals surface area contributed by atoms with Crippen LogP contribution in [0.3, 0.4) is 0 Å². The van der Waals surface area contributed by atoms with Crippen molar-refractivity contribution >= 4 is 11.7 Å². The minimum Gasteiger partial charge on any atom is -0.478 e. The number of nitrogens with one attached hydrogen (secondary N) is 1. The first-order valence-corrected chi connectivity index (χ1v) is 8.26. The van der Waals surface area contributed by atoms with E-state index in [1.54, 1.807) is 12.1 Å². The number of carbonyl (C=O) groups is 1. The van der Waals surface area contributed by atoms with Crippen molar-refractivity contribution in [2.45, 2.75) is 25.8 Å². The third-order valence-corrected chi connectivity index (χ3v) is 4.53. The maximum Gasteiger partial charge on any atom is 0.335 e. The summed E-state index contributed by atoms with van der Waals surface area (Å²) in [4.78, 5) is 18.2. The molecule has 0 spiro atoms. The average Bonchev–Trinajstić information content (AvgIpc) is 3.03. The highest BCUT2D eigenvalue weighted by molar-refractivity contribution is 5.87.